The minimum Gasteiger partial charge on any atom is -0.481 e. The van der Waals surface area contributed by atoms with Crippen molar-refractivity contribution >= 4 is 56.4 Å². The van der Waals surface area contributed by atoms with Gasteiger partial charge in [0.1, 0.15) is 11.5 Å². The van der Waals surface area contributed by atoms with E-state index in [1.807, 2.05) is 37.5 Å². The van der Waals surface area contributed by atoms with E-state index in [-0.39, 0.29) is 17.9 Å². The summed E-state index contributed by atoms with van der Waals surface area (Å²) in [5.41, 5.74) is 3.23. The zero-order valence-electron chi connectivity index (χ0n) is 20.2. The fourth-order valence-corrected chi connectivity index (χ4v) is 6.08. The Balaban J connectivity index is 1.19. The zero-order chi connectivity index (χ0) is 25.2. The van der Waals surface area contributed by atoms with Crippen LogP contribution in [0.1, 0.15) is 28.9 Å². The second-order valence-corrected chi connectivity index (χ2v) is 10.8. The van der Waals surface area contributed by atoms with Crippen LogP contribution in [0.5, 0.6) is 5.88 Å². The molecule has 0 spiro atoms. The van der Waals surface area contributed by atoms with Crippen LogP contribution in [-0.2, 0) is 11.2 Å². The average Bonchev–Trinajstić information content (AvgIpc) is 2.91. The highest BCUT2D eigenvalue weighted by molar-refractivity contribution is 9.10. The molecule has 9 nitrogen and oxygen atoms in total. The van der Waals surface area contributed by atoms with Gasteiger partial charge in [-0.25, -0.2) is 9.97 Å². The zero-order valence-corrected chi connectivity index (χ0v) is 22.6. The number of halogens is 1. The minimum atomic E-state index is -0.142. The van der Waals surface area contributed by atoms with E-state index >= 15 is 0 Å². The first-order valence-corrected chi connectivity index (χ1v) is 13.6. The third kappa shape index (κ3) is 5.18. The Morgan fingerprint density at radius 3 is 2.86 bits per heavy atom. The van der Waals surface area contributed by atoms with E-state index in [0.29, 0.717) is 27.6 Å². The van der Waals surface area contributed by atoms with Gasteiger partial charge in [0.05, 0.1) is 33.3 Å². The lowest BCUT2D eigenvalue weighted by atomic mass is 10.0. The van der Waals surface area contributed by atoms with Crippen molar-refractivity contribution in [3.05, 3.63) is 46.2 Å². The Bertz CT molecular complexity index is 1310. The minimum absolute atomic E-state index is 0.101. The van der Waals surface area contributed by atoms with Crippen molar-refractivity contribution in [3.63, 3.8) is 0 Å². The molecule has 5 heterocycles. The molecule has 0 radical (unpaired) electrons. The number of thioether (sulfide) groups is 1. The molecule has 0 aromatic carbocycles. The first-order chi connectivity index (χ1) is 17.4. The maximum atomic E-state index is 13.3. The smallest absolute Gasteiger partial charge is 0.273 e. The lowest BCUT2D eigenvalue weighted by Gasteiger charge is -2.36. The Hall–Kier alpha value is -2.76. The molecule has 2 aliphatic heterocycles. The maximum absolute atomic E-state index is 13.3. The summed E-state index contributed by atoms with van der Waals surface area (Å²) >= 11 is 4.92. The van der Waals surface area contributed by atoms with E-state index in [9.17, 15) is 9.59 Å². The summed E-state index contributed by atoms with van der Waals surface area (Å²) in [5.74, 6) is 1.16. The summed E-state index contributed by atoms with van der Waals surface area (Å²) in [7, 11) is 3.46. The van der Waals surface area contributed by atoms with Gasteiger partial charge in [0, 0.05) is 45.0 Å². The van der Waals surface area contributed by atoms with E-state index in [0.717, 1.165) is 60.4 Å². The van der Waals surface area contributed by atoms with Gasteiger partial charge in [-0.1, -0.05) is 0 Å². The monoisotopic (exact) mass is 570 g/mol. The Morgan fingerprint density at radius 2 is 2.08 bits per heavy atom. The molecule has 0 saturated carbocycles. The number of methoxy groups -OCH3 is 1. The lowest BCUT2D eigenvalue weighted by Crippen LogP contribution is -2.46. The number of hydrogen-bond donors (Lipinski definition) is 1. The van der Waals surface area contributed by atoms with Crippen molar-refractivity contribution in [1.82, 2.24) is 24.8 Å². The van der Waals surface area contributed by atoms with Gasteiger partial charge < -0.3 is 19.9 Å². The normalized spacial score (nSPS) is 16.5. The predicted molar refractivity (Wildman–Crippen MR) is 143 cm³/mol. The van der Waals surface area contributed by atoms with E-state index in [4.69, 9.17) is 4.74 Å². The van der Waals surface area contributed by atoms with Crippen LogP contribution in [0.25, 0.3) is 11.0 Å². The van der Waals surface area contributed by atoms with Crippen LogP contribution in [0, 0.1) is 0 Å². The number of nitrogens with one attached hydrogen (secondary N) is 1. The number of rotatable bonds is 6. The summed E-state index contributed by atoms with van der Waals surface area (Å²) < 4.78 is 5.94. The van der Waals surface area contributed by atoms with Crippen molar-refractivity contribution in [2.45, 2.75) is 30.2 Å². The number of hydrogen-bond acceptors (Lipinski definition) is 8. The third-order valence-electron chi connectivity index (χ3n) is 6.73. The van der Waals surface area contributed by atoms with Gasteiger partial charge in [0.25, 0.3) is 5.91 Å². The molecule has 188 valence electrons. The van der Waals surface area contributed by atoms with Crippen LogP contribution in [0.2, 0.25) is 0 Å². The average molecular weight is 572 g/mol. The number of aromatic nitrogens is 3. The molecule has 36 heavy (non-hydrogen) atoms. The number of nitrogens with zero attached hydrogens (tertiary/aromatic N) is 5. The number of pyridine rings is 3. The van der Waals surface area contributed by atoms with Crippen LogP contribution in [0.15, 0.2) is 39.8 Å². The quantitative estimate of drug-likeness (QED) is 0.479. The Kier molecular flexibility index (Phi) is 7.40. The predicted octanol–water partition coefficient (Wildman–Crippen LogP) is 3.62. The SMILES string of the molecule is COc1ccc2nccc(CCN3CCC(N(C)C(=O)c4nc5c(cc4Br)SCC(=O)N5)CC3)c2n1. The van der Waals surface area contributed by atoms with E-state index < -0.39 is 0 Å². The molecule has 1 fully saturated rings. The topological polar surface area (TPSA) is 101 Å². The van der Waals surface area contributed by atoms with E-state index in [1.54, 1.807) is 12.0 Å². The van der Waals surface area contributed by atoms with Crippen LogP contribution in [-0.4, -0.2) is 82.2 Å². The molecule has 1 saturated heterocycles. The van der Waals surface area contributed by atoms with Crippen LogP contribution >= 0.6 is 27.7 Å². The molecule has 3 aromatic rings. The van der Waals surface area contributed by atoms with Gasteiger partial charge in [-0.05, 0) is 59.0 Å². The van der Waals surface area contributed by atoms with Crippen molar-refractivity contribution in [2.75, 3.05) is 44.9 Å². The molecule has 2 aliphatic rings. The van der Waals surface area contributed by atoms with E-state index in [1.165, 1.54) is 11.8 Å². The number of likely N-dealkylation sites (tertiary alicyclic amines) is 1. The highest BCUT2D eigenvalue weighted by atomic mass is 79.9. The highest BCUT2D eigenvalue weighted by Gasteiger charge is 2.29. The molecule has 2 amide bonds. The van der Waals surface area contributed by atoms with Gasteiger partial charge >= 0.3 is 0 Å². The lowest BCUT2D eigenvalue weighted by molar-refractivity contribution is -0.113. The van der Waals surface area contributed by atoms with Gasteiger partial charge in [0.2, 0.25) is 11.8 Å². The summed E-state index contributed by atoms with van der Waals surface area (Å²) in [4.78, 5) is 43.6. The Labute approximate surface area is 222 Å². The summed E-state index contributed by atoms with van der Waals surface area (Å²) in [6.45, 7) is 2.73. The fraction of sp³-hybridized carbons (Fsp3) is 0.400. The van der Waals surface area contributed by atoms with Crippen LogP contribution in [0.3, 0.4) is 0 Å². The van der Waals surface area contributed by atoms with Crippen LogP contribution < -0.4 is 10.1 Å². The number of ether oxygens (including phenoxy) is 1. The van der Waals surface area contributed by atoms with Crippen molar-refractivity contribution < 1.29 is 14.3 Å². The van der Waals surface area contributed by atoms with Crippen molar-refractivity contribution in [2.24, 2.45) is 0 Å². The van der Waals surface area contributed by atoms with Gasteiger partial charge in [-0.15, -0.1) is 11.8 Å². The standard InChI is InChI=1S/C25H27BrN6O3S/c1-31(25(34)23-17(26)13-19-24(30-23)28-20(33)14-36-19)16-7-11-32(12-8-16)10-6-15-5-9-27-18-3-4-21(35-2)29-22(15)18/h3-5,9,13,16H,6-8,10-12,14H2,1-2H3,(H,28,30,33). The first-order valence-electron chi connectivity index (χ1n) is 11.8. The number of carbonyl (C=O) groups is 2. The van der Waals surface area contributed by atoms with Crippen molar-refractivity contribution in [1.29, 1.82) is 0 Å². The second kappa shape index (κ2) is 10.7. The fourth-order valence-electron chi connectivity index (χ4n) is 4.65. The van der Waals surface area contributed by atoms with Crippen LogP contribution in [0.4, 0.5) is 5.82 Å². The third-order valence-corrected chi connectivity index (χ3v) is 8.37. The molecule has 0 atom stereocenters. The van der Waals surface area contributed by atoms with Gasteiger partial charge in [-0.3, -0.25) is 14.6 Å². The number of fused-ring (bicyclic) bond motifs is 2. The molecular weight excluding hydrogens is 544 g/mol. The number of amides is 2. The van der Waals surface area contributed by atoms with Gasteiger partial charge in [-0.2, -0.15) is 0 Å². The molecular formula is C25H27BrN6O3S. The molecule has 3 aromatic heterocycles. The summed E-state index contributed by atoms with van der Waals surface area (Å²) in [5, 5.41) is 2.77. The molecule has 11 heteroatoms. The Morgan fingerprint density at radius 1 is 1.28 bits per heavy atom. The number of anilines is 1. The first kappa shape index (κ1) is 24.9. The maximum Gasteiger partial charge on any atom is 0.273 e. The number of carbonyl (C=O) groups excluding carboxylic acids is 2. The van der Waals surface area contributed by atoms with Gasteiger partial charge in [0.15, 0.2) is 0 Å². The second-order valence-electron chi connectivity index (χ2n) is 8.93. The molecule has 1 N–H and O–H groups in total. The number of piperidine rings is 1. The summed E-state index contributed by atoms with van der Waals surface area (Å²) in [6.07, 6.45) is 4.48. The molecule has 0 bridgehead atoms. The molecule has 0 aliphatic carbocycles. The van der Waals surface area contributed by atoms with E-state index in [2.05, 4.69) is 41.1 Å². The highest BCUT2D eigenvalue weighted by Crippen LogP contribution is 2.34. The largest absolute Gasteiger partial charge is 0.481 e. The molecule has 0 unspecified atom stereocenters. The molecule has 5 rings (SSSR count). The summed E-state index contributed by atoms with van der Waals surface area (Å²) in [6, 6.07) is 7.79. The van der Waals surface area contributed by atoms with Crippen molar-refractivity contribution in [3.8, 4) is 5.88 Å².